The lowest BCUT2D eigenvalue weighted by atomic mass is 10.1. The number of urea groups is 1. The van der Waals surface area contributed by atoms with Crippen LogP contribution < -0.4 is 11.1 Å². The van der Waals surface area contributed by atoms with Crippen molar-refractivity contribution in [3.63, 3.8) is 0 Å². The van der Waals surface area contributed by atoms with Crippen molar-refractivity contribution >= 4 is 17.6 Å². The molecule has 0 bridgehead atoms. The van der Waals surface area contributed by atoms with E-state index in [2.05, 4.69) is 5.32 Å². The molecule has 0 aromatic heterocycles. The third-order valence-electron chi connectivity index (χ3n) is 1.73. The zero-order valence-electron chi connectivity index (χ0n) is 7.25. The predicted molar refractivity (Wildman–Crippen MR) is 52.6 cm³/mol. The molecule has 3 nitrogen and oxygen atoms in total. The number of hydrogen-bond donors (Lipinski definition) is 2. The Morgan fingerprint density at radius 1 is 1.54 bits per heavy atom. The molecule has 0 fully saturated rings. The van der Waals surface area contributed by atoms with Crippen LogP contribution in [0.15, 0.2) is 24.3 Å². The summed E-state index contributed by atoms with van der Waals surface area (Å²) in [5.74, 6) is 0. The summed E-state index contributed by atoms with van der Waals surface area (Å²) in [4.78, 5) is 10.6. The van der Waals surface area contributed by atoms with Crippen molar-refractivity contribution in [2.24, 2.45) is 5.73 Å². The summed E-state index contributed by atoms with van der Waals surface area (Å²) in [6.07, 6.45) is 0. The Morgan fingerprint density at radius 3 is 2.69 bits per heavy atom. The Kier molecular flexibility index (Phi) is 3.14. The lowest BCUT2D eigenvalue weighted by Gasteiger charge is -2.13. The molecule has 0 aliphatic rings. The van der Waals surface area contributed by atoms with Crippen LogP contribution in [0.3, 0.4) is 0 Å². The number of nitrogens with two attached hydrogens (primary N) is 1. The first-order valence-corrected chi connectivity index (χ1v) is 4.29. The molecule has 0 saturated heterocycles. The van der Waals surface area contributed by atoms with Crippen molar-refractivity contribution in [1.29, 1.82) is 0 Å². The second kappa shape index (κ2) is 4.14. The van der Waals surface area contributed by atoms with E-state index in [0.29, 0.717) is 5.02 Å². The summed E-state index contributed by atoms with van der Waals surface area (Å²) in [5, 5.41) is 3.18. The molecule has 0 heterocycles. The maximum absolute atomic E-state index is 10.6. The van der Waals surface area contributed by atoms with Crippen molar-refractivity contribution in [2.45, 2.75) is 13.0 Å². The van der Waals surface area contributed by atoms with E-state index >= 15 is 0 Å². The number of benzene rings is 1. The summed E-state index contributed by atoms with van der Waals surface area (Å²) >= 11 is 5.91. The molecule has 13 heavy (non-hydrogen) atoms. The van der Waals surface area contributed by atoms with Crippen LogP contribution >= 0.6 is 11.6 Å². The van der Waals surface area contributed by atoms with Crippen LogP contribution in [0.2, 0.25) is 5.02 Å². The minimum atomic E-state index is -0.549. The van der Waals surface area contributed by atoms with E-state index in [1.54, 1.807) is 6.07 Å². The minimum Gasteiger partial charge on any atom is -0.352 e. The van der Waals surface area contributed by atoms with Crippen LogP contribution in [0.5, 0.6) is 0 Å². The lowest BCUT2D eigenvalue weighted by Crippen LogP contribution is -2.31. The van der Waals surface area contributed by atoms with Gasteiger partial charge in [0.2, 0.25) is 0 Å². The third kappa shape index (κ3) is 2.63. The van der Waals surface area contributed by atoms with E-state index in [1.807, 2.05) is 25.1 Å². The highest BCUT2D eigenvalue weighted by Crippen LogP contribution is 2.21. The summed E-state index contributed by atoms with van der Waals surface area (Å²) in [7, 11) is 0. The molecule has 0 radical (unpaired) electrons. The van der Waals surface area contributed by atoms with Crippen molar-refractivity contribution < 1.29 is 4.79 Å². The fourth-order valence-electron chi connectivity index (χ4n) is 1.12. The fraction of sp³-hybridized carbons (Fsp3) is 0.222. The molecule has 0 aliphatic carbocycles. The second-order valence-corrected chi connectivity index (χ2v) is 3.16. The molecule has 1 rings (SSSR count). The van der Waals surface area contributed by atoms with Gasteiger partial charge >= 0.3 is 6.03 Å². The average Bonchev–Trinajstić information content (AvgIpc) is 2.03. The smallest absolute Gasteiger partial charge is 0.312 e. The SMILES string of the molecule is CC(NC(N)=O)c1ccccc1Cl. The Hall–Kier alpha value is -1.22. The van der Waals surface area contributed by atoms with Gasteiger partial charge in [-0.05, 0) is 18.6 Å². The van der Waals surface area contributed by atoms with Gasteiger partial charge in [-0.25, -0.2) is 4.79 Å². The van der Waals surface area contributed by atoms with Crippen molar-refractivity contribution in [3.05, 3.63) is 34.9 Å². The summed E-state index contributed by atoms with van der Waals surface area (Å²) < 4.78 is 0. The standard InChI is InChI=1S/C9H11ClN2O/c1-6(12-9(11)13)7-4-2-3-5-8(7)10/h2-6H,1H3,(H3,11,12,13). The molecule has 1 aromatic rings. The molecule has 2 amide bonds. The summed E-state index contributed by atoms with van der Waals surface area (Å²) in [6, 6.07) is 6.61. The highest BCUT2D eigenvalue weighted by atomic mass is 35.5. The fourth-order valence-corrected chi connectivity index (χ4v) is 1.42. The number of primary amides is 1. The van der Waals surface area contributed by atoms with E-state index < -0.39 is 6.03 Å². The molecule has 1 atom stereocenters. The first-order chi connectivity index (χ1) is 6.11. The van der Waals surface area contributed by atoms with Gasteiger partial charge in [-0.2, -0.15) is 0 Å². The number of rotatable bonds is 2. The number of amides is 2. The van der Waals surface area contributed by atoms with Gasteiger partial charge in [-0.15, -0.1) is 0 Å². The number of halogens is 1. The minimum absolute atomic E-state index is 0.161. The third-order valence-corrected chi connectivity index (χ3v) is 2.07. The van der Waals surface area contributed by atoms with E-state index in [0.717, 1.165) is 5.56 Å². The van der Waals surface area contributed by atoms with Gasteiger partial charge in [-0.3, -0.25) is 0 Å². The number of carbonyl (C=O) groups is 1. The monoisotopic (exact) mass is 198 g/mol. The highest BCUT2D eigenvalue weighted by molar-refractivity contribution is 6.31. The van der Waals surface area contributed by atoms with Crippen LogP contribution in [0.25, 0.3) is 0 Å². The van der Waals surface area contributed by atoms with Crippen molar-refractivity contribution in [2.75, 3.05) is 0 Å². The number of carbonyl (C=O) groups excluding carboxylic acids is 1. The molecule has 0 spiro atoms. The van der Waals surface area contributed by atoms with Gasteiger partial charge < -0.3 is 11.1 Å². The molecule has 70 valence electrons. The Balaban J connectivity index is 2.82. The van der Waals surface area contributed by atoms with E-state index in [9.17, 15) is 4.79 Å². The summed E-state index contributed by atoms with van der Waals surface area (Å²) in [5.41, 5.74) is 5.85. The molecular formula is C9H11ClN2O. The molecule has 4 heteroatoms. The quantitative estimate of drug-likeness (QED) is 0.751. The first kappa shape index (κ1) is 9.86. The normalized spacial score (nSPS) is 12.2. The Labute approximate surface area is 81.9 Å². The van der Waals surface area contributed by atoms with E-state index in [4.69, 9.17) is 17.3 Å². The van der Waals surface area contributed by atoms with Crippen LogP contribution in [0, 0.1) is 0 Å². The molecule has 1 unspecified atom stereocenters. The zero-order chi connectivity index (χ0) is 9.84. The zero-order valence-corrected chi connectivity index (χ0v) is 8.01. The van der Waals surface area contributed by atoms with Crippen LogP contribution in [-0.4, -0.2) is 6.03 Å². The maximum atomic E-state index is 10.6. The van der Waals surface area contributed by atoms with Gasteiger partial charge in [0.1, 0.15) is 0 Å². The predicted octanol–water partition coefficient (Wildman–Crippen LogP) is 2.07. The van der Waals surface area contributed by atoms with Crippen molar-refractivity contribution in [3.8, 4) is 0 Å². The van der Waals surface area contributed by atoms with E-state index in [1.165, 1.54) is 0 Å². The first-order valence-electron chi connectivity index (χ1n) is 3.91. The molecule has 0 aliphatic heterocycles. The van der Waals surface area contributed by atoms with Crippen LogP contribution in [0.1, 0.15) is 18.5 Å². The largest absolute Gasteiger partial charge is 0.352 e. The van der Waals surface area contributed by atoms with Crippen molar-refractivity contribution in [1.82, 2.24) is 5.32 Å². The average molecular weight is 199 g/mol. The summed E-state index contributed by atoms with van der Waals surface area (Å²) in [6.45, 7) is 1.83. The number of nitrogens with one attached hydrogen (secondary N) is 1. The van der Waals surface area contributed by atoms with Gasteiger partial charge in [-0.1, -0.05) is 29.8 Å². The molecule has 3 N–H and O–H groups in total. The maximum Gasteiger partial charge on any atom is 0.312 e. The Bertz CT molecular complexity index is 314. The number of hydrogen-bond acceptors (Lipinski definition) is 1. The molecular weight excluding hydrogens is 188 g/mol. The van der Waals surface area contributed by atoms with Gasteiger partial charge in [0.25, 0.3) is 0 Å². The molecule has 0 saturated carbocycles. The second-order valence-electron chi connectivity index (χ2n) is 2.75. The van der Waals surface area contributed by atoms with Gasteiger partial charge in [0, 0.05) is 5.02 Å². The topological polar surface area (TPSA) is 55.1 Å². The van der Waals surface area contributed by atoms with E-state index in [-0.39, 0.29) is 6.04 Å². The van der Waals surface area contributed by atoms with Crippen LogP contribution in [-0.2, 0) is 0 Å². The highest BCUT2D eigenvalue weighted by Gasteiger charge is 2.09. The van der Waals surface area contributed by atoms with Crippen LogP contribution in [0.4, 0.5) is 4.79 Å². The lowest BCUT2D eigenvalue weighted by molar-refractivity contribution is 0.246. The van der Waals surface area contributed by atoms with Gasteiger partial charge in [0.15, 0.2) is 0 Å². The Morgan fingerprint density at radius 2 is 2.15 bits per heavy atom. The molecule has 1 aromatic carbocycles. The van der Waals surface area contributed by atoms with Gasteiger partial charge in [0.05, 0.1) is 6.04 Å².